The lowest BCUT2D eigenvalue weighted by Crippen LogP contribution is -2.52. The Labute approximate surface area is 193 Å². The number of nitrogens with zero attached hydrogens (tertiary/aromatic N) is 2. The number of amides is 3. The van der Waals surface area contributed by atoms with Gasteiger partial charge in [0, 0.05) is 31.6 Å². The molecule has 1 N–H and O–H groups in total. The zero-order chi connectivity index (χ0) is 23.4. The number of imide groups is 1. The summed E-state index contributed by atoms with van der Waals surface area (Å²) in [4.78, 5) is 52.1. The molecule has 3 aliphatic heterocycles. The Balaban J connectivity index is 1.28. The molecule has 33 heavy (non-hydrogen) atoms. The summed E-state index contributed by atoms with van der Waals surface area (Å²) in [6.45, 7) is 4.70. The van der Waals surface area contributed by atoms with Crippen LogP contribution in [0.15, 0.2) is 18.2 Å². The van der Waals surface area contributed by atoms with Crippen LogP contribution in [0.2, 0.25) is 0 Å². The van der Waals surface area contributed by atoms with E-state index in [1.165, 1.54) is 4.90 Å². The van der Waals surface area contributed by atoms with Crippen LogP contribution >= 0.6 is 0 Å². The Kier molecular flexibility index (Phi) is 7.27. The average molecular weight is 458 g/mol. The van der Waals surface area contributed by atoms with E-state index in [9.17, 15) is 19.2 Å². The van der Waals surface area contributed by atoms with Crippen LogP contribution in [0, 0.1) is 0 Å². The summed E-state index contributed by atoms with van der Waals surface area (Å²) in [5, 5.41) is 2.32. The quantitative estimate of drug-likeness (QED) is 0.359. The van der Waals surface area contributed by atoms with Gasteiger partial charge in [-0.1, -0.05) is 19.4 Å². The van der Waals surface area contributed by atoms with Gasteiger partial charge in [0.25, 0.3) is 5.91 Å². The Morgan fingerprint density at radius 3 is 2.67 bits per heavy atom. The maximum absolute atomic E-state index is 13.0. The monoisotopic (exact) mass is 457 g/mol. The van der Waals surface area contributed by atoms with Crippen LogP contribution in [0.3, 0.4) is 0 Å². The van der Waals surface area contributed by atoms with Crippen LogP contribution in [0.4, 0.5) is 0 Å². The molecule has 0 aromatic heterocycles. The first kappa shape index (κ1) is 23.2. The molecular weight excluding hydrogens is 426 g/mol. The molecule has 3 aliphatic rings. The molecule has 1 atom stereocenters. The van der Waals surface area contributed by atoms with E-state index < -0.39 is 11.9 Å². The lowest BCUT2D eigenvalue weighted by molar-refractivity contribution is -0.145. The van der Waals surface area contributed by atoms with E-state index in [4.69, 9.17) is 9.47 Å². The molecular formula is C24H31N3O6. The van der Waals surface area contributed by atoms with Crippen molar-refractivity contribution < 1.29 is 28.7 Å². The van der Waals surface area contributed by atoms with Crippen molar-refractivity contribution in [3.63, 3.8) is 0 Å². The minimum absolute atomic E-state index is 0.0122. The second kappa shape index (κ2) is 10.3. The number of piperidine rings is 2. The Bertz CT molecular complexity index is 925. The SMILES string of the molecule is CCCCOC(=O)CN1CCC(Oc2ccc3c(c2)C(=O)N(C2CCC(=O)NC2=O)C3)CC1. The number of hydrogen-bond donors (Lipinski definition) is 1. The number of esters is 1. The van der Waals surface area contributed by atoms with Crippen molar-refractivity contribution in [1.82, 2.24) is 15.1 Å². The van der Waals surface area contributed by atoms with Gasteiger partial charge in [0.15, 0.2) is 0 Å². The molecule has 9 heteroatoms. The zero-order valence-electron chi connectivity index (χ0n) is 19.0. The minimum Gasteiger partial charge on any atom is -0.490 e. The van der Waals surface area contributed by atoms with Crippen LogP contribution in [-0.4, -0.2) is 71.9 Å². The van der Waals surface area contributed by atoms with Crippen LogP contribution in [0.5, 0.6) is 5.75 Å². The second-order valence-electron chi connectivity index (χ2n) is 8.89. The van der Waals surface area contributed by atoms with Crippen LogP contribution in [-0.2, 0) is 25.7 Å². The van der Waals surface area contributed by atoms with E-state index in [2.05, 4.69) is 17.1 Å². The maximum Gasteiger partial charge on any atom is 0.320 e. The summed E-state index contributed by atoms with van der Waals surface area (Å²) in [5.41, 5.74) is 1.40. The molecule has 0 spiro atoms. The van der Waals surface area contributed by atoms with Gasteiger partial charge in [-0.05, 0) is 43.4 Å². The number of unbranched alkanes of at least 4 members (excludes halogenated alkanes) is 1. The van der Waals surface area contributed by atoms with E-state index >= 15 is 0 Å². The van der Waals surface area contributed by atoms with Crippen LogP contribution in [0.1, 0.15) is 61.4 Å². The Morgan fingerprint density at radius 1 is 1.15 bits per heavy atom. The first-order chi connectivity index (χ1) is 15.9. The molecule has 1 unspecified atom stereocenters. The molecule has 0 bridgehead atoms. The Hall–Kier alpha value is -2.94. The van der Waals surface area contributed by atoms with Crippen LogP contribution < -0.4 is 10.1 Å². The normalized spacial score (nSPS) is 21.7. The molecule has 0 radical (unpaired) electrons. The first-order valence-corrected chi connectivity index (χ1v) is 11.8. The highest BCUT2D eigenvalue weighted by molar-refractivity contribution is 6.05. The number of hydrogen-bond acceptors (Lipinski definition) is 7. The molecule has 2 fully saturated rings. The smallest absolute Gasteiger partial charge is 0.320 e. The highest BCUT2D eigenvalue weighted by Gasteiger charge is 2.39. The summed E-state index contributed by atoms with van der Waals surface area (Å²) in [6.07, 6.45) is 4.05. The third-order valence-electron chi connectivity index (χ3n) is 6.45. The van der Waals surface area contributed by atoms with Gasteiger partial charge in [-0.25, -0.2) is 0 Å². The van der Waals surface area contributed by atoms with Gasteiger partial charge in [-0.15, -0.1) is 0 Å². The topological polar surface area (TPSA) is 105 Å². The summed E-state index contributed by atoms with van der Waals surface area (Å²) in [7, 11) is 0. The number of nitrogens with one attached hydrogen (secondary N) is 1. The van der Waals surface area contributed by atoms with Crippen molar-refractivity contribution in [2.75, 3.05) is 26.2 Å². The van der Waals surface area contributed by atoms with E-state index in [1.54, 1.807) is 6.07 Å². The number of carbonyl (C=O) groups is 4. The van der Waals surface area contributed by atoms with Gasteiger partial charge in [-0.3, -0.25) is 29.4 Å². The Morgan fingerprint density at radius 2 is 1.94 bits per heavy atom. The van der Waals surface area contributed by atoms with Gasteiger partial charge in [0.05, 0.1) is 13.2 Å². The number of rotatable bonds is 8. The average Bonchev–Trinajstić information content (AvgIpc) is 3.11. The van der Waals surface area contributed by atoms with E-state index in [1.807, 2.05) is 12.1 Å². The summed E-state index contributed by atoms with van der Waals surface area (Å²) in [6, 6.07) is 4.86. The third kappa shape index (κ3) is 5.52. The molecule has 0 aliphatic carbocycles. The molecule has 1 aromatic rings. The number of likely N-dealkylation sites (tertiary alicyclic amines) is 1. The number of fused-ring (bicyclic) bond motifs is 1. The van der Waals surface area contributed by atoms with E-state index in [0.717, 1.165) is 44.3 Å². The van der Waals surface area contributed by atoms with E-state index in [0.29, 0.717) is 37.4 Å². The van der Waals surface area contributed by atoms with Crippen molar-refractivity contribution in [2.24, 2.45) is 0 Å². The van der Waals surface area contributed by atoms with Crippen molar-refractivity contribution in [1.29, 1.82) is 0 Å². The van der Waals surface area contributed by atoms with Crippen molar-refractivity contribution in [2.45, 2.75) is 64.1 Å². The van der Waals surface area contributed by atoms with Gasteiger partial charge in [-0.2, -0.15) is 0 Å². The van der Waals surface area contributed by atoms with Crippen molar-refractivity contribution in [3.05, 3.63) is 29.3 Å². The lowest BCUT2D eigenvalue weighted by Gasteiger charge is -2.31. The van der Waals surface area contributed by atoms with Gasteiger partial charge in [0.2, 0.25) is 11.8 Å². The second-order valence-corrected chi connectivity index (χ2v) is 8.89. The minimum atomic E-state index is -0.620. The van der Waals surface area contributed by atoms with Gasteiger partial charge >= 0.3 is 5.97 Å². The summed E-state index contributed by atoms with van der Waals surface area (Å²) < 4.78 is 11.4. The molecule has 9 nitrogen and oxygen atoms in total. The molecule has 1 aromatic carbocycles. The first-order valence-electron chi connectivity index (χ1n) is 11.8. The molecule has 3 amide bonds. The molecule has 4 rings (SSSR count). The molecule has 0 saturated carbocycles. The molecule has 178 valence electrons. The fourth-order valence-electron chi connectivity index (χ4n) is 4.54. The van der Waals surface area contributed by atoms with Crippen LogP contribution in [0.25, 0.3) is 0 Å². The van der Waals surface area contributed by atoms with E-state index in [-0.39, 0.29) is 30.3 Å². The maximum atomic E-state index is 13.0. The summed E-state index contributed by atoms with van der Waals surface area (Å²) >= 11 is 0. The molecule has 3 heterocycles. The highest BCUT2D eigenvalue weighted by atomic mass is 16.5. The van der Waals surface area contributed by atoms with Gasteiger partial charge in [0.1, 0.15) is 17.9 Å². The highest BCUT2D eigenvalue weighted by Crippen LogP contribution is 2.31. The third-order valence-corrected chi connectivity index (χ3v) is 6.45. The molecule has 2 saturated heterocycles. The fourth-order valence-corrected chi connectivity index (χ4v) is 4.54. The van der Waals surface area contributed by atoms with Crippen molar-refractivity contribution in [3.8, 4) is 5.75 Å². The zero-order valence-corrected chi connectivity index (χ0v) is 19.0. The number of benzene rings is 1. The predicted octanol–water partition coefficient (Wildman–Crippen LogP) is 1.63. The fraction of sp³-hybridized carbons (Fsp3) is 0.583. The largest absolute Gasteiger partial charge is 0.490 e. The van der Waals surface area contributed by atoms with Gasteiger partial charge < -0.3 is 14.4 Å². The summed E-state index contributed by atoms with van der Waals surface area (Å²) in [5.74, 6) is -0.466. The standard InChI is InChI=1S/C24H31N3O6/c1-2-3-12-32-22(29)15-26-10-8-17(9-11-26)33-18-5-4-16-14-27(24(31)19(16)13-18)20-6-7-21(28)25-23(20)30/h4-5,13,17,20H,2-3,6-12,14-15H2,1H3,(H,25,28,30). The lowest BCUT2D eigenvalue weighted by atomic mass is 10.0. The predicted molar refractivity (Wildman–Crippen MR) is 118 cm³/mol. The number of carbonyl (C=O) groups excluding carboxylic acids is 4. The number of ether oxygens (including phenoxy) is 2. The van der Waals surface area contributed by atoms with Crippen molar-refractivity contribution >= 4 is 23.7 Å².